The predicted octanol–water partition coefficient (Wildman–Crippen LogP) is 3.27. The number of carbonyl (C=O) groups excluding carboxylic acids is 2. The van der Waals surface area contributed by atoms with Gasteiger partial charge in [-0.2, -0.15) is 5.26 Å². The maximum absolute atomic E-state index is 12.3. The summed E-state index contributed by atoms with van der Waals surface area (Å²) in [6.45, 7) is -0.504. The summed E-state index contributed by atoms with van der Waals surface area (Å²) in [5.74, 6) is -1.07. The molecule has 1 heterocycles. The molecule has 0 spiro atoms. The average molecular weight is 424 g/mol. The number of hydrogen-bond acceptors (Lipinski definition) is 7. The Morgan fingerprint density at radius 3 is 2.70 bits per heavy atom. The van der Waals surface area contributed by atoms with Gasteiger partial charge in [-0.3, -0.25) is 19.3 Å². The van der Waals surface area contributed by atoms with E-state index in [2.05, 4.69) is 6.07 Å². The first-order valence-corrected chi connectivity index (χ1v) is 9.50. The van der Waals surface area contributed by atoms with E-state index in [0.29, 0.717) is 39.3 Å². The molecule has 0 aliphatic carbocycles. The van der Waals surface area contributed by atoms with Crippen LogP contribution in [0.1, 0.15) is 16.7 Å². The van der Waals surface area contributed by atoms with Crippen molar-refractivity contribution in [3.63, 3.8) is 0 Å². The molecule has 1 N–H and O–H groups in total. The smallest absolute Gasteiger partial charge is 0.323 e. The number of methoxy groups -OCH3 is 1. The molecule has 152 valence electrons. The Morgan fingerprint density at radius 2 is 2.00 bits per heavy atom. The number of nitriles is 1. The molecule has 1 aliphatic heterocycles. The van der Waals surface area contributed by atoms with Crippen LogP contribution >= 0.6 is 11.8 Å². The van der Waals surface area contributed by atoms with Gasteiger partial charge in [0.25, 0.3) is 11.1 Å². The number of rotatable bonds is 7. The van der Waals surface area contributed by atoms with Crippen molar-refractivity contribution in [2.75, 3.05) is 13.7 Å². The topological polar surface area (TPSA) is 117 Å². The third-order valence-electron chi connectivity index (χ3n) is 4.17. The van der Waals surface area contributed by atoms with E-state index in [9.17, 15) is 14.4 Å². The molecule has 0 aromatic heterocycles. The lowest BCUT2D eigenvalue weighted by Gasteiger charge is -2.12. The van der Waals surface area contributed by atoms with Gasteiger partial charge in [0.15, 0.2) is 11.5 Å². The third kappa shape index (κ3) is 4.61. The van der Waals surface area contributed by atoms with Gasteiger partial charge in [-0.15, -0.1) is 0 Å². The molecule has 2 amide bonds. The second kappa shape index (κ2) is 9.15. The van der Waals surface area contributed by atoms with Crippen LogP contribution in [0.25, 0.3) is 6.08 Å². The minimum absolute atomic E-state index is 0.125. The highest BCUT2D eigenvalue weighted by Crippen LogP contribution is 2.34. The lowest BCUT2D eigenvalue weighted by Crippen LogP contribution is -2.33. The number of amides is 2. The van der Waals surface area contributed by atoms with Crippen molar-refractivity contribution in [2.24, 2.45) is 0 Å². The summed E-state index contributed by atoms with van der Waals surface area (Å²) in [6.07, 6.45) is 1.49. The van der Waals surface area contributed by atoms with E-state index in [-0.39, 0.29) is 11.5 Å². The molecule has 1 aliphatic rings. The summed E-state index contributed by atoms with van der Waals surface area (Å²) in [7, 11) is 1.47. The molecule has 2 aromatic rings. The maximum atomic E-state index is 12.3. The summed E-state index contributed by atoms with van der Waals surface area (Å²) >= 11 is 0.680. The van der Waals surface area contributed by atoms with Gasteiger partial charge in [0.1, 0.15) is 13.2 Å². The van der Waals surface area contributed by atoms with E-state index < -0.39 is 23.7 Å². The lowest BCUT2D eigenvalue weighted by molar-refractivity contribution is -0.140. The Balaban J connectivity index is 1.78. The van der Waals surface area contributed by atoms with Crippen molar-refractivity contribution in [3.8, 4) is 17.6 Å². The largest absolute Gasteiger partial charge is 0.493 e. The highest BCUT2D eigenvalue weighted by molar-refractivity contribution is 8.18. The Kier molecular flexibility index (Phi) is 6.39. The molecule has 3 rings (SSSR count). The molecule has 1 saturated heterocycles. The van der Waals surface area contributed by atoms with Crippen LogP contribution in [-0.2, 0) is 16.2 Å². The first-order valence-electron chi connectivity index (χ1n) is 8.69. The van der Waals surface area contributed by atoms with E-state index in [1.807, 2.05) is 6.07 Å². The number of imide groups is 1. The zero-order valence-corrected chi connectivity index (χ0v) is 16.6. The summed E-state index contributed by atoms with van der Waals surface area (Å²) in [5.41, 5.74) is 1.83. The fourth-order valence-electron chi connectivity index (χ4n) is 2.73. The minimum atomic E-state index is -1.26. The number of carbonyl (C=O) groups is 3. The van der Waals surface area contributed by atoms with Gasteiger partial charge >= 0.3 is 5.97 Å². The Bertz CT molecular complexity index is 1090. The molecule has 0 bridgehead atoms. The number of hydrogen-bond donors (Lipinski definition) is 1. The van der Waals surface area contributed by atoms with Crippen molar-refractivity contribution >= 4 is 35.0 Å². The molecular formula is C21H16N2O6S. The monoisotopic (exact) mass is 424 g/mol. The van der Waals surface area contributed by atoms with Gasteiger partial charge in [0.2, 0.25) is 0 Å². The fraction of sp³-hybridized carbons (Fsp3) is 0.143. The summed E-state index contributed by atoms with van der Waals surface area (Å²) < 4.78 is 11.1. The van der Waals surface area contributed by atoms with Gasteiger partial charge < -0.3 is 14.6 Å². The number of carboxylic acids is 1. The van der Waals surface area contributed by atoms with Crippen molar-refractivity contribution in [1.29, 1.82) is 5.26 Å². The standard InChI is InChI=1S/C21H16N2O6S/c1-28-17-8-13(9-18-20(26)23(11-19(24)25)21(27)30-18)6-7-16(17)29-12-15-5-3-2-4-14(15)10-22/h2-9H,11-12H2,1H3,(H,24,25)/b18-9+. The zero-order valence-electron chi connectivity index (χ0n) is 15.8. The van der Waals surface area contributed by atoms with E-state index in [0.717, 1.165) is 5.56 Å². The SMILES string of the molecule is COc1cc(/C=C2/SC(=O)N(CC(=O)O)C2=O)ccc1OCc1ccccc1C#N. The number of carboxylic acid groups (broad SMARTS) is 1. The number of benzene rings is 2. The maximum Gasteiger partial charge on any atom is 0.323 e. The second-order valence-electron chi connectivity index (χ2n) is 6.13. The first-order chi connectivity index (χ1) is 14.4. The van der Waals surface area contributed by atoms with E-state index in [4.69, 9.17) is 19.8 Å². The van der Waals surface area contributed by atoms with Crippen LogP contribution < -0.4 is 9.47 Å². The number of nitrogens with zero attached hydrogens (tertiary/aromatic N) is 2. The van der Waals surface area contributed by atoms with Crippen LogP contribution in [0, 0.1) is 11.3 Å². The van der Waals surface area contributed by atoms with Gasteiger partial charge in [-0.1, -0.05) is 24.3 Å². The van der Waals surface area contributed by atoms with Crippen LogP contribution in [-0.4, -0.2) is 40.8 Å². The molecule has 2 aromatic carbocycles. The lowest BCUT2D eigenvalue weighted by atomic mass is 10.1. The Morgan fingerprint density at radius 1 is 1.23 bits per heavy atom. The van der Waals surface area contributed by atoms with Gasteiger partial charge in [-0.05, 0) is 41.6 Å². The van der Waals surface area contributed by atoms with Crippen molar-refractivity contribution in [1.82, 2.24) is 4.90 Å². The predicted molar refractivity (Wildman–Crippen MR) is 109 cm³/mol. The van der Waals surface area contributed by atoms with Crippen LogP contribution in [0.2, 0.25) is 0 Å². The summed E-state index contributed by atoms with van der Waals surface area (Å²) in [5, 5.41) is 17.4. The number of aliphatic carboxylic acids is 1. The van der Waals surface area contributed by atoms with Crippen molar-refractivity contribution < 1.29 is 29.0 Å². The Labute approximate surface area is 176 Å². The molecule has 0 radical (unpaired) electrons. The van der Waals surface area contributed by atoms with Crippen LogP contribution in [0.15, 0.2) is 47.4 Å². The number of thioether (sulfide) groups is 1. The Hall–Kier alpha value is -3.77. The fourth-order valence-corrected chi connectivity index (χ4v) is 3.57. The number of ether oxygens (including phenoxy) is 2. The normalized spacial score (nSPS) is 14.7. The molecule has 0 unspecified atom stereocenters. The third-order valence-corrected chi connectivity index (χ3v) is 5.08. The average Bonchev–Trinajstić information content (AvgIpc) is 2.99. The van der Waals surface area contributed by atoms with Crippen LogP contribution in [0.5, 0.6) is 11.5 Å². The molecular weight excluding hydrogens is 408 g/mol. The quantitative estimate of drug-likeness (QED) is 0.673. The van der Waals surface area contributed by atoms with Crippen molar-refractivity contribution in [3.05, 3.63) is 64.1 Å². The molecule has 30 heavy (non-hydrogen) atoms. The highest BCUT2D eigenvalue weighted by Gasteiger charge is 2.36. The molecule has 0 atom stereocenters. The zero-order chi connectivity index (χ0) is 21.7. The summed E-state index contributed by atoms with van der Waals surface area (Å²) in [6, 6.07) is 14.2. The minimum Gasteiger partial charge on any atom is -0.493 e. The van der Waals surface area contributed by atoms with Gasteiger partial charge in [0, 0.05) is 5.56 Å². The molecule has 8 nitrogen and oxygen atoms in total. The van der Waals surface area contributed by atoms with Gasteiger partial charge in [-0.25, -0.2) is 0 Å². The van der Waals surface area contributed by atoms with Crippen molar-refractivity contribution in [2.45, 2.75) is 6.61 Å². The van der Waals surface area contributed by atoms with Gasteiger partial charge in [0.05, 0.1) is 23.6 Å². The van der Waals surface area contributed by atoms with Crippen LogP contribution in [0.4, 0.5) is 4.79 Å². The van der Waals surface area contributed by atoms with Crippen LogP contribution in [0.3, 0.4) is 0 Å². The molecule has 9 heteroatoms. The molecule has 0 saturated carbocycles. The highest BCUT2D eigenvalue weighted by atomic mass is 32.2. The van der Waals surface area contributed by atoms with E-state index in [1.54, 1.807) is 36.4 Å². The van der Waals surface area contributed by atoms with E-state index >= 15 is 0 Å². The summed E-state index contributed by atoms with van der Waals surface area (Å²) in [4.78, 5) is 35.8. The first kappa shape index (κ1) is 21.0. The molecule has 1 fully saturated rings. The second-order valence-corrected chi connectivity index (χ2v) is 7.12. The van der Waals surface area contributed by atoms with E-state index in [1.165, 1.54) is 13.2 Å².